The van der Waals surface area contributed by atoms with Gasteiger partial charge in [-0.1, -0.05) is 11.6 Å². The molecule has 1 aromatic carbocycles. The lowest BCUT2D eigenvalue weighted by molar-refractivity contribution is 0.351. The van der Waals surface area contributed by atoms with Crippen LogP contribution in [0.1, 0.15) is 24.1 Å². The summed E-state index contributed by atoms with van der Waals surface area (Å²) in [7, 11) is -3.20. The van der Waals surface area contributed by atoms with Gasteiger partial charge in [-0.05, 0) is 24.6 Å². The normalized spacial score (nSPS) is 18.0. The summed E-state index contributed by atoms with van der Waals surface area (Å²) < 4.78 is 28.7. The van der Waals surface area contributed by atoms with E-state index in [4.69, 9.17) is 22.1 Å². The van der Waals surface area contributed by atoms with Gasteiger partial charge in [0.2, 0.25) is 0 Å². The molecule has 0 radical (unpaired) electrons. The van der Waals surface area contributed by atoms with Crippen molar-refractivity contribution in [2.24, 2.45) is 5.73 Å². The van der Waals surface area contributed by atoms with Crippen LogP contribution in [0.3, 0.4) is 0 Å². The number of ether oxygens (including phenoxy) is 1. The molecule has 0 saturated carbocycles. The summed E-state index contributed by atoms with van der Waals surface area (Å²) in [5.74, 6) is 0.697. The van der Waals surface area contributed by atoms with Crippen LogP contribution in [0.2, 0.25) is 5.02 Å². The third-order valence-electron chi connectivity index (χ3n) is 3.32. The predicted octanol–water partition coefficient (Wildman–Crippen LogP) is 1.71. The Morgan fingerprint density at radius 2 is 2.11 bits per heavy atom. The fourth-order valence-electron chi connectivity index (χ4n) is 2.06. The van der Waals surface area contributed by atoms with Gasteiger partial charge in [-0.2, -0.15) is 0 Å². The Hall–Kier alpha value is -0.780. The summed E-state index contributed by atoms with van der Waals surface area (Å²) in [6, 6.07) is 2.90. The summed E-state index contributed by atoms with van der Waals surface area (Å²) in [5.41, 5.74) is 7.72. The van der Waals surface area contributed by atoms with Gasteiger partial charge in [0.05, 0.1) is 11.9 Å². The molecule has 1 heterocycles. The van der Waals surface area contributed by atoms with E-state index >= 15 is 0 Å². The van der Waals surface area contributed by atoms with Crippen LogP contribution in [0.5, 0.6) is 5.75 Å². The molecule has 0 aliphatic carbocycles. The first-order valence-electron chi connectivity index (χ1n) is 5.70. The number of hydrogen-bond donors (Lipinski definition) is 1. The Balaban J connectivity index is 2.46. The second kappa shape index (κ2) is 4.72. The van der Waals surface area contributed by atoms with Gasteiger partial charge in [0.15, 0.2) is 9.84 Å². The number of hydrogen-bond acceptors (Lipinski definition) is 4. The van der Waals surface area contributed by atoms with Gasteiger partial charge < -0.3 is 10.5 Å². The van der Waals surface area contributed by atoms with Crippen LogP contribution in [-0.2, 0) is 16.3 Å². The summed E-state index contributed by atoms with van der Waals surface area (Å²) in [6.45, 7) is 2.19. The Labute approximate surface area is 112 Å². The molecule has 0 bridgehead atoms. The monoisotopic (exact) mass is 289 g/mol. The maximum absolute atomic E-state index is 11.6. The summed E-state index contributed by atoms with van der Waals surface area (Å²) in [6.07, 6.45) is 1.96. The Morgan fingerprint density at radius 1 is 1.44 bits per heavy atom. The molecule has 2 unspecified atom stereocenters. The highest BCUT2D eigenvalue weighted by Gasteiger charge is 2.29. The van der Waals surface area contributed by atoms with Gasteiger partial charge in [-0.25, -0.2) is 8.42 Å². The first-order chi connectivity index (χ1) is 8.30. The highest BCUT2D eigenvalue weighted by atomic mass is 35.5. The number of sulfone groups is 1. The van der Waals surface area contributed by atoms with Crippen LogP contribution in [0.15, 0.2) is 12.1 Å². The van der Waals surface area contributed by atoms with Crippen molar-refractivity contribution >= 4 is 21.4 Å². The molecule has 100 valence electrons. The quantitative estimate of drug-likeness (QED) is 0.920. The second-order valence-electron chi connectivity index (χ2n) is 4.64. The first kappa shape index (κ1) is 13.6. The van der Waals surface area contributed by atoms with Gasteiger partial charge in [0.1, 0.15) is 5.75 Å². The number of rotatable bonds is 3. The lowest BCUT2D eigenvalue weighted by Crippen LogP contribution is -2.30. The van der Waals surface area contributed by atoms with Gasteiger partial charge in [-0.15, -0.1) is 0 Å². The zero-order valence-electron chi connectivity index (χ0n) is 10.3. The van der Waals surface area contributed by atoms with Crippen LogP contribution >= 0.6 is 11.6 Å². The van der Waals surface area contributed by atoms with Crippen LogP contribution in [0.25, 0.3) is 0 Å². The number of nitrogens with two attached hydrogens (primary N) is 1. The molecule has 4 nitrogen and oxygen atoms in total. The average molecular weight is 290 g/mol. The van der Waals surface area contributed by atoms with Crippen molar-refractivity contribution in [1.82, 2.24) is 0 Å². The second-order valence-corrected chi connectivity index (χ2v) is 7.48. The van der Waals surface area contributed by atoms with E-state index in [2.05, 4.69) is 0 Å². The molecule has 0 spiro atoms. The molecule has 0 aromatic heterocycles. The predicted molar refractivity (Wildman–Crippen MR) is 71.9 cm³/mol. The highest BCUT2D eigenvalue weighted by Crippen LogP contribution is 2.37. The van der Waals surface area contributed by atoms with E-state index in [1.54, 1.807) is 13.0 Å². The van der Waals surface area contributed by atoms with Crippen LogP contribution in [0.4, 0.5) is 0 Å². The van der Waals surface area contributed by atoms with Crippen molar-refractivity contribution < 1.29 is 13.2 Å². The molecule has 2 atom stereocenters. The minimum absolute atomic E-state index is 0.561. The highest BCUT2D eigenvalue weighted by molar-refractivity contribution is 7.91. The lowest BCUT2D eigenvalue weighted by atomic mass is 10.0. The molecule has 2 rings (SSSR count). The lowest BCUT2D eigenvalue weighted by Gasteiger charge is -2.21. The molecule has 18 heavy (non-hydrogen) atoms. The van der Waals surface area contributed by atoms with Gasteiger partial charge in [0.25, 0.3) is 0 Å². The molecule has 0 amide bonds. The molecular weight excluding hydrogens is 274 g/mol. The van der Waals surface area contributed by atoms with Crippen molar-refractivity contribution in [3.05, 3.63) is 28.3 Å². The molecule has 0 fully saturated rings. The van der Waals surface area contributed by atoms with E-state index in [0.29, 0.717) is 22.9 Å². The average Bonchev–Trinajstić information content (AvgIpc) is 2.72. The third kappa shape index (κ3) is 2.48. The van der Waals surface area contributed by atoms with Crippen molar-refractivity contribution in [2.45, 2.75) is 24.6 Å². The van der Waals surface area contributed by atoms with Crippen molar-refractivity contribution in [3.8, 4) is 5.75 Å². The largest absolute Gasteiger partial charge is 0.493 e. The topological polar surface area (TPSA) is 69.4 Å². The maximum atomic E-state index is 11.6. The van der Waals surface area contributed by atoms with E-state index in [0.717, 1.165) is 12.0 Å². The SMILES string of the molecule is CC(C(N)c1cc(Cl)cc2c1OCC2)S(C)(=O)=O. The first-order valence-corrected chi connectivity index (χ1v) is 8.03. The molecule has 0 saturated heterocycles. The summed E-state index contributed by atoms with van der Waals surface area (Å²) in [5, 5.41) is -0.116. The molecule has 6 heteroatoms. The third-order valence-corrected chi connectivity index (χ3v) is 5.18. The van der Waals surface area contributed by atoms with E-state index in [-0.39, 0.29) is 0 Å². The fourth-order valence-corrected chi connectivity index (χ4v) is 2.99. The van der Waals surface area contributed by atoms with Gasteiger partial charge in [0, 0.05) is 29.3 Å². The van der Waals surface area contributed by atoms with E-state index in [1.807, 2.05) is 6.07 Å². The van der Waals surface area contributed by atoms with Crippen LogP contribution in [-0.4, -0.2) is 26.5 Å². The molecule has 1 aliphatic heterocycles. The van der Waals surface area contributed by atoms with Crippen LogP contribution < -0.4 is 10.5 Å². The van der Waals surface area contributed by atoms with E-state index < -0.39 is 21.1 Å². The van der Waals surface area contributed by atoms with Gasteiger partial charge >= 0.3 is 0 Å². The Kier molecular flexibility index (Phi) is 3.58. The van der Waals surface area contributed by atoms with E-state index in [9.17, 15) is 8.42 Å². The maximum Gasteiger partial charge on any atom is 0.151 e. The van der Waals surface area contributed by atoms with Crippen molar-refractivity contribution in [1.29, 1.82) is 0 Å². The Morgan fingerprint density at radius 3 is 2.72 bits per heavy atom. The summed E-state index contributed by atoms with van der Waals surface area (Å²) >= 11 is 6.03. The zero-order chi connectivity index (χ0) is 13.5. The Bertz CT molecular complexity index is 571. The summed E-state index contributed by atoms with van der Waals surface area (Å²) in [4.78, 5) is 0. The molecular formula is C12H16ClNO3S. The fraction of sp³-hybridized carbons (Fsp3) is 0.500. The minimum Gasteiger partial charge on any atom is -0.493 e. The number of fused-ring (bicyclic) bond motifs is 1. The molecule has 1 aromatic rings. The van der Waals surface area contributed by atoms with Crippen molar-refractivity contribution in [3.63, 3.8) is 0 Å². The zero-order valence-corrected chi connectivity index (χ0v) is 11.9. The van der Waals surface area contributed by atoms with Crippen LogP contribution in [0, 0.1) is 0 Å². The van der Waals surface area contributed by atoms with Gasteiger partial charge in [-0.3, -0.25) is 0 Å². The molecule has 2 N–H and O–H groups in total. The standard InChI is InChI=1S/C12H16ClNO3S/c1-7(18(2,15)16)11(14)10-6-9(13)5-8-3-4-17-12(8)10/h5-7,11H,3-4,14H2,1-2H3. The van der Waals surface area contributed by atoms with E-state index in [1.165, 1.54) is 6.26 Å². The smallest absolute Gasteiger partial charge is 0.151 e. The number of benzene rings is 1. The number of halogens is 1. The minimum atomic E-state index is -3.20. The molecule has 1 aliphatic rings. The van der Waals surface area contributed by atoms with Crippen molar-refractivity contribution in [2.75, 3.05) is 12.9 Å².